The molecule has 0 spiro atoms. The lowest BCUT2D eigenvalue weighted by Gasteiger charge is -2.11. The Balaban J connectivity index is 2.46. The second-order valence-electron chi connectivity index (χ2n) is 3.75. The van der Waals surface area contributed by atoms with Crippen LogP contribution in [0.2, 0.25) is 0 Å². The molecule has 2 heteroatoms. The third-order valence-corrected chi connectivity index (χ3v) is 3.34. The van der Waals surface area contributed by atoms with Crippen molar-refractivity contribution in [1.82, 2.24) is 0 Å². The standard InChI is InChI=1S/C13H20NS/c1-11(5-3-4-10-14)12-6-8-13(15-2)9-7-12/h6-9,11H,1,3-5,10,14H2,2H3. The molecule has 0 aliphatic carbocycles. The van der Waals surface area contributed by atoms with Gasteiger partial charge in [0.2, 0.25) is 0 Å². The Hall–Kier alpha value is -0.470. The quantitative estimate of drug-likeness (QED) is 0.589. The highest BCUT2D eigenvalue weighted by atomic mass is 32.2. The molecule has 1 aromatic rings. The summed E-state index contributed by atoms with van der Waals surface area (Å²) in [5.74, 6) is 0.410. The molecule has 1 atom stereocenters. The SMILES string of the molecule is [CH2]C(CCCCN)c1ccc(SC)cc1. The topological polar surface area (TPSA) is 26.0 Å². The molecule has 0 bridgehead atoms. The summed E-state index contributed by atoms with van der Waals surface area (Å²) in [6.45, 7) is 4.98. The number of hydrogen-bond acceptors (Lipinski definition) is 2. The van der Waals surface area contributed by atoms with Gasteiger partial charge in [0, 0.05) is 4.90 Å². The lowest BCUT2D eigenvalue weighted by atomic mass is 9.95. The van der Waals surface area contributed by atoms with Crippen LogP contribution in [0.25, 0.3) is 0 Å². The molecule has 0 heterocycles. The molecular formula is C13H20NS. The lowest BCUT2D eigenvalue weighted by molar-refractivity contribution is 0.641. The largest absolute Gasteiger partial charge is 0.330 e. The minimum Gasteiger partial charge on any atom is -0.330 e. The molecule has 1 radical (unpaired) electrons. The van der Waals surface area contributed by atoms with Crippen LogP contribution in [-0.2, 0) is 0 Å². The van der Waals surface area contributed by atoms with Gasteiger partial charge in [-0.05, 0) is 56.2 Å². The normalized spacial score (nSPS) is 12.7. The average molecular weight is 222 g/mol. The van der Waals surface area contributed by atoms with E-state index in [0.717, 1.165) is 19.4 Å². The maximum Gasteiger partial charge on any atom is 0.00693 e. The first-order chi connectivity index (χ1) is 7.27. The summed E-state index contributed by atoms with van der Waals surface area (Å²) >= 11 is 1.77. The van der Waals surface area contributed by atoms with Crippen molar-refractivity contribution < 1.29 is 0 Å². The van der Waals surface area contributed by atoms with Gasteiger partial charge in [-0.2, -0.15) is 0 Å². The Morgan fingerprint density at radius 1 is 1.27 bits per heavy atom. The van der Waals surface area contributed by atoms with Crippen molar-refractivity contribution in [2.24, 2.45) is 5.73 Å². The zero-order valence-corrected chi connectivity index (χ0v) is 10.2. The summed E-state index contributed by atoms with van der Waals surface area (Å²) in [7, 11) is 0. The molecule has 2 N–H and O–H groups in total. The van der Waals surface area contributed by atoms with Gasteiger partial charge in [0.25, 0.3) is 0 Å². The Morgan fingerprint density at radius 2 is 1.93 bits per heavy atom. The third-order valence-electron chi connectivity index (χ3n) is 2.59. The molecule has 0 fully saturated rings. The van der Waals surface area contributed by atoms with Gasteiger partial charge in [0.05, 0.1) is 0 Å². The monoisotopic (exact) mass is 222 g/mol. The zero-order valence-electron chi connectivity index (χ0n) is 9.41. The van der Waals surface area contributed by atoms with E-state index >= 15 is 0 Å². The molecule has 0 saturated carbocycles. The molecule has 1 nitrogen and oxygen atoms in total. The first-order valence-corrected chi connectivity index (χ1v) is 6.67. The van der Waals surface area contributed by atoms with Gasteiger partial charge in [-0.3, -0.25) is 0 Å². The van der Waals surface area contributed by atoms with Crippen LogP contribution >= 0.6 is 11.8 Å². The summed E-state index contributed by atoms with van der Waals surface area (Å²) in [5.41, 5.74) is 6.81. The highest BCUT2D eigenvalue weighted by Gasteiger charge is 2.04. The highest BCUT2D eigenvalue weighted by Crippen LogP contribution is 2.23. The summed E-state index contributed by atoms with van der Waals surface area (Å²) in [4.78, 5) is 1.31. The van der Waals surface area contributed by atoms with E-state index in [1.807, 2.05) is 0 Å². The molecule has 0 aromatic heterocycles. The molecule has 0 aliphatic rings. The Kier molecular flexibility index (Phi) is 5.81. The molecule has 83 valence electrons. The van der Waals surface area contributed by atoms with Crippen molar-refractivity contribution in [2.75, 3.05) is 12.8 Å². The molecule has 0 aliphatic heterocycles. The first-order valence-electron chi connectivity index (χ1n) is 5.45. The van der Waals surface area contributed by atoms with Crippen molar-refractivity contribution >= 4 is 11.8 Å². The van der Waals surface area contributed by atoms with Gasteiger partial charge in [0.15, 0.2) is 0 Å². The fraction of sp³-hybridized carbons (Fsp3) is 0.462. The van der Waals surface area contributed by atoms with E-state index in [2.05, 4.69) is 37.4 Å². The lowest BCUT2D eigenvalue weighted by Crippen LogP contribution is -2.00. The summed E-state index contributed by atoms with van der Waals surface area (Å²) in [5, 5.41) is 0. The molecule has 1 unspecified atom stereocenters. The van der Waals surface area contributed by atoms with Gasteiger partial charge in [-0.1, -0.05) is 18.6 Å². The second kappa shape index (κ2) is 6.91. The Bertz CT molecular complexity index is 268. The van der Waals surface area contributed by atoms with Crippen LogP contribution in [0.1, 0.15) is 30.7 Å². The minimum atomic E-state index is 0.410. The average Bonchev–Trinajstić information content (AvgIpc) is 2.29. The van der Waals surface area contributed by atoms with Crippen LogP contribution < -0.4 is 5.73 Å². The molecule has 0 saturated heterocycles. The number of rotatable bonds is 6. The van der Waals surface area contributed by atoms with E-state index in [1.54, 1.807) is 11.8 Å². The van der Waals surface area contributed by atoms with E-state index in [1.165, 1.54) is 16.9 Å². The number of hydrogen-bond donors (Lipinski definition) is 1. The van der Waals surface area contributed by atoms with Gasteiger partial charge in [-0.15, -0.1) is 11.8 Å². The number of nitrogens with two attached hydrogens (primary N) is 1. The maximum atomic E-state index is 5.47. The minimum absolute atomic E-state index is 0.410. The van der Waals surface area contributed by atoms with E-state index in [4.69, 9.17) is 5.73 Å². The van der Waals surface area contributed by atoms with Crippen molar-refractivity contribution in [3.8, 4) is 0 Å². The van der Waals surface area contributed by atoms with Gasteiger partial charge in [0.1, 0.15) is 0 Å². The highest BCUT2D eigenvalue weighted by molar-refractivity contribution is 7.98. The van der Waals surface area contributed by atoms with Gasteiger partial charge < -0.3 is 5.73 Å². The fourth-order valence-corrected chi connectivity index (χ4v) is 1.99. The van der Waals surface area contributed by atoms with E-state index in [0.29, 0.717) is 5.92 Å². The predicted molar refractivity (Wildman–Crippen MR) is 69.2 cm³/mol. The van der Waals surface area contributed by atoms with Crippen molar-refractivity contribution in [3.63, 3.8) is 0 Å². The van der Waals surface area contributed by atoms with Crippen LogP contribution in [0.3, 0.4) is 0 Å². The van der Waals surface area contributed by atoms with Crippen LogP contribution in [0.4, 0.5) is 0 Å². The Morgan fingerprint density at radius 3 is 2.47 bits per heavy atom. The van der Waals surface area contributed by atoms with E-state index < -0.39 is 0 Å². The van der Waals surface area contributed by atoms with Crippen LogP contribution in [-0.4, -0.2) is 12.8 Å². The Labute approximate surface area is 97.4 Å². The molecule has 1 rings (SSSR count). The maximum absolute atomic E-state index is 5.47. The fourth-order valence-electron chi connectivity index (χ4n) is 1.58. The number of benzene rings is 1. The molecular weight excluding hydrogens is 202 g/mol. The predicted octanol–water partition coefficient (Wildman–Crippen LogP) is 3.46. The van der Waals surface area contributed by atoms with E-state index in [9.17, 15) is 0 Å². The van der Waals surface area contributed by atoms with Crippen LogP contribution in [0.5, 0.6) is 0 Å². The molecule has 0 amide bonds. The van der Waals surface area contributed by atoms with Crippen molar-refractivity contribution in [2.45, 2.75) is 30.1 Å². The van der Waals surface area contributed by atoms with E-state index in [-0.39, 0.29) is 0 Å². The number of unbranched alkanes of at least 4 members (excludes halogenated alkanes) is 1. The van der Waals surface area contributed by atoms with Crippen LogP contribution in [0, 0.1) is 6.92 Å². The van der Waals surface area contributed by atoms with Crippen molar-refractivity contribution in [3.05, 3.63) is 36.8 Å². The first kappa shape index (κ1) is 12.6. The third kappa shape index (κ3) is 4.27. The summed E-state index contributed by atoms with van der Waals surface area (Å²) in [6.07, 6.45) is 5.51. The number of thioether (sulfide) groups is 1. The molecule has 1 aromatic carbocycles. The summed E-state index contributed by atoms with van der Waals surface area (Å²) in [6, 6.07) is 8.71. The molecule has 15 heavy (non-hydrogen) atoms. The van der Waals surface area contributed by atoms with Gasteiger partial charge >= 0.3 is 0 Å². The zero-order chi connectivity index (χ0) is 11.1. The second-order valence-corrected chi connectivity index (χ2v) is 4.63. The van der Waals surface area contributed by atoms with Crippen LogP contribution in [0.15, 0.2) is 29.2 Å². The van der Waals surface area contributed by atoms with Gasteiger partial charge in [-0.25, -0.2) is 0 Å². The summed E-state index contributed by atoms with van der Waals surface area (Å²) < 4.78 is 0. The smallest absolute Gasteiger partial charge is 0.00693 e. The van der Waals surface area contributed by atoms with Crippen molar-refractivity contribution in [1.29, 1.82) is 0 Å².